The van der Waals surface area contributed by atoms with Gasteiger partial charge in [0.1, 0.15) is 0 Å². The zero-order valence-corrected chi connectivity index (χ0v) is 14.1. The summed E-state index contributed by atoms with van der Waals surface area (Å²) in [5.74, 6) is 0.973. The summed E-state index contributed by atoms with van der Waals surface area (Å²) in [5, 5.41) is 0. The second-order valence-electron chi connectivity index (χ2n) is 7.64. The minimum Gasteiger partial charge on any atom is -0.300 e. The van der Waals surface area contributed by atoms with Crippen LogP contribution in [0, 0.1) is 5.92 Å². The Hall–Kier alpha value is -1.60. The molecule has 3 aliphatic rings. The van der Waals surface area contributed by atoms with Crippen LogP contribution in [0.2, 0.25) is 0 Å². The van der Waals surface area contributed by atoms with E-state index in [1.165, 1.54) is 49.9 Å². The van der Waals surface area contributed by atoms with Gasteiger partial charge in [0, 0.05) is 11.5 Å². The van der Waals surface area contributed by atoms with Crippen LogP contribution >= 0.6 is 0 Å². The van der Waals surface area contributed by atoms with Crippen molar-refractivity contribution >= 4 is 0 Å². The Morgan fingerprint density at radius 1 is 0.870 bits per heavy atom. The fourth-order valence-electron chi connectivity index (χ4n) is 4.79. The molecule has 0 aliphatic carbocycles. The smallest absolute Gasteiger partial charge is 0.0189 e. The molecule has 0 amide bonds. The normalized spacial score (nSPS) is 27.1. The van der Waals surface area contributed by atoms with E-state index in [1.807, 2.05) is 0 Å². The van der Waals surface area contributed by atoms with Crippen molar-refractivity contribution in [1.29, 1.82) is 0 Å². The lowest BCUT2D eigenvalue weighted by Gasteiger charge is -2.48. The van der Waals surface area contributed by atoms with E-state index >= 15 is 0 Å². The third kappa shape index (κ3) is 2.83. The van der Waals surface area contributed by atoms with Gasteiger partial charge in [0.2, 0.25) is 0 Å². The summed E-state index contributed by atoms with van der Waals surface area (Å²) < 4.78 is 0. The quantitative estimate of drug-likeness (QED) is 0.779. The SMILES string of the molecule is CC(CC1CC2CCN1CC2)(c1ccccc1)c1ccccc1. The monoisotopic (exact) mass is 305 g/mol. The van der Waals surface area contributed by atoms with Gasteiger partial charge in [-0.05, 0) is 55.8 Å². The van der Waals surface area contributed by atoms with Gasteiger partial charge >= 0.3 is 0 Å². The first-order valence-electron chi connectivity index (χ1n) is 9.11. The second kappa shape index (κ2) is 6.13. The van der Waals surface area contributed by atoms with E-state index in [0.29, 0.717) is 0 Å². The van der Waals surface area contributed by atoms with E-state index in [1.54, 1.807) is 0 Å². The molecule has 23 heavy (non-hydrogen) atoms. The molecular formula is C22H27N. The van der Waals surface area contributed by atoms with Gasteiger partial charge in [0.15, 0.2) is 0 Å². The fourth-order valence-corrected chi connectivity index (χ4v) is 4.79. The summed E-state index contributed by atoms with van der Waals surface area (Å²) in [7, 11) is 0. The highest BCUT2D eigenvalue weighted by atomic mass is 15.2. The first-order chi connectivity index (χ1) is 11.3. The highest BCUT2D eigenvalue weighted by Gasteiger charge is 2.39. The molecule has 1 nitrogen and oxygen atoms in total. The minimum atomic E-state index is 0.102. The van der Waals surface area contributed by atoms with Crippen molar-refractivity contribution < 1.29 is 0 Å². The van der Waals surface area contributed by atoms with Crippen molar-refractivity contribution in [1.82, 2.24) is 4.90 Å². The molecule has 120 valence electrons. The molecule has 0 N–H and O–H groups in total. The molecule has 3 heterocycles. The van der Waals surface area contributed by atoms with Crippen molar-refractivity contribution in [3.8, 4) is 0 Å². The van der Waals surface area contributed by atoms with Gasteiger partial charge in [-0.15, -0.1) is 0 Å². The van der Waals surface area contributed by atoms with Crippen molar-refractivity contribution in [2.75, 3.05) is 13.1 Å². The van der Waals surface area contributed by atoms with Gasteiger partial charge in [-0.1, -0.05) is 67.6 Å². The van der Waals surface area contributed by atoms with E-state index in [0.717, 1.165) is 12.0 Å². The number of hydrogen-bond donors (Lipinski definition) is 0. The highest BCUT2D eigenvalue weighted by Crippen LogP contribution is 2.42. The van der Waals surface area contributed by atoms with Gasteiger partial charge in [0.05, 0.1) is 0 Å². The summed E-state index contributed by atoms with van der Waals surface area (Å²) in [6.07, 6.45) is 5.47. The molecular weight excluding hydrogens is 278 g/mol. The number of fused-ring (bicyclic) bond motifs is 3. The minimum absolute atomic E-state index is 0.102. The van der Waals surface area contributed by atoms with Crippen LogP contribution in [0.3, 0.4) is 0 Å². The molecule has 1 unspecified atom stereocenters. The van der Waals surface area contributed by atoms with Crippen LogP contribution < -0.4 is 0 Å². The molecule has 3 fully saturated rings. The Kier molecular flexibility index (Phi) is 3.98. The van der Waals surface area contributed by atoms with Gasteiger partial charge in [-0.2, -0.15) is 0 Å². The molecule has 5 rings (SSSR count). The van der Waals surface area contributed by atoms with Crippen molar-refractivity contribution in [3.05, 3.63) is 71.8 Å². The zero-order chi connectivity index (χ0) is 15.7. The standard InChI is InChI=1S/C22H27N/c1-22(19-8-4-2-5-9-19,20-10-6-3-7-11-20)17-21-16-18-12-14-23(21)15-13-18/h2-11,18,21H,12-17H2,1H3. The predicted octanol–water partition coefficient (Wildman–Crippen LogP) is 4.87. The predicted molar refractivity (Wildman–Crippen MR) is 96.7 cm³/mol. The average Bonchev–Trinajstić information content (AvgIpc) is 2.64. The van der Waals surface area contributed by atoms with Crippen LogP contribution in [-0.2, 0) is 5.41 Å². The fraction of sp³-hybridized carbons (Fsp3) is 0.455. The first kappa shape index (κ1) is 15.0. The molecule has 0 radical (unpaired) electrons. The topological polar surface area (TPSA) is 3.24 Å². The maximum absolute atomic E-state index is 2.75. The lowest BCUT2D eigenvalue weighted by atomic mass is 9.69. The summed E-state index contributed by atoms with van der Waals surface area (Å²) in [5.41, 5.74) is 3.01. The van der Waals surface area contributed by atoms with Crippen molar-refractivity contribution in [2.45, 2.75) is 44.1 Å². The summed E-state index contributed by atoms with van der Waals surface area (Å²) in [6.45, 7) is 5.07. The Bertz CT molecular complexity index is 586. The maximum Gasteiger partial charge on any atom is 0.0189 e. The Morgan fingerprint density at radius 3 is 1.83 bits per heavy atom. The van der Waals surface area contributed by atoms with E-state index in [2.05, 4.69) is 72.5 Å². The summed E-state index contributed by atoms with van der Waals surface area (Å²) >= 11 is 0. The third-order valence-corrected chi connectivity index (χ3v) is 6.24. The average molecular weight is 305 g/mol. The third-order valence-electron chi connectivity index (χ3n) is 6.24. The molecule has 2 aromatic carbocycles. The first-order valence-corrected chi connectivity index (χ1v) is 9.11. The van der Waals surface area contributed by atoms with Crippen LogP contribution in [0.4, 0.5) is 0 Å². The highest BCUT2D eigenvalue weighted by molar-refractivity contribution is 5.38. The number of piperidine rings is 3. The van der Waals surface area contributed by atoms with Crippen molar-refractivity contribution in [3.63, 3.8) is 0 Å². The zero-order valence-electron chi connectivity index (χ0n) is 14.1. The van der Waals surface area contributed by atoms with Gasteiger partial charge in [-0.3, -0.25) is 0 Å². The largest absolute Gasteiger partial charge is 0.300 e. The van der Waals surface area contributed by atoms with Crippen LogP contribution in [0.5, 0.6) is 0 Å². The number of nitrogens with zero attached hydrogens (tertiary/aromatic N) is 1. The lowest BCUT2D eigenvalue weighted by molar-refractivity contribution is 0.0367. The molecule has 0 aromatic heterocycles. The Morgan fingerprint density at radius 2 is 1.39 bits per heavy atom. The van der Waals surface area contributed by atoms with Crippen LogP contribution in [0.25, 0.3) is 0 Å². The number of hydrogen-bond acceptors (Lipinski definition) is 1. The molecule has 1 heteroatoms. The maximum atomic E-state index is 2.75. The second-order valence-corrected chi connectivity index (χ2v) is 7.64. The van der Waals surface area contributed by atoms with E-state index in [4.69, 9.17) is 0 Å². The Labute approximate surface area is 140 Å². The summed E-state index contributed by atoms with van der Waals surface area (Å²) in [6, 6.07) is 23.0. The Balaban J connectivity index is 1.69. The van der Waals surface area contributed by atoms with Crippen LogP contribution in [-0.4, -0.2) is 24.0 Å². The van der Waals surface area contributed by atoms with E-state index < -0.39 is 0 Å². The molecule has 0 saturated carbocycles. The molecule has 2 aromatic rings. The van der Waals surface area contributed by atoms with Gasteiger partial charge in [-0.25, -0.2) is 0 Å². The molecule has 3 saturated heterocycles. The molecule has 1 atom stereocenters. The van der Waals surface area contributed by atoms with Crippen molar-refractivity contribution in [2.24, 2.45) is 5.92 Å². The molecule has 2 bridgehead atoms. The van der Waals surface area contributed by atoms with Gasteiger partial charge < -0.3 is 4.90 Å². The molecule has 3 aliphatic heterocycles. The van der Waals surface area contributed by atoms with E-state index in [-0.39, 0.29) is 5.41 Å². The van der Waals surface area contributed by atoms with E-state index in [9.17, 15) is 0 Å². The van der Waals surface area contributed by atoms with Gasteiger partial charge in [0.25, 0.3) is 0 Å². The number of rotatable bonds is 4. The van der Waals surface area contributed by atoms with Crippen LogP contribution in [0.15, 0.2) is 60.7 Å². The lowest BCUT2D eigenvalue weighted by Crippen LogP contribution is -2.51. The number of benzene rings is 2. The molecule has 0 spiro atoms. The summed E-state index contributed by atoms with van der Waals surface area (Å²) in [4.78, 5) is 2.75. The van der Waals surface area contributed by atoms with Crippen LogP contribution in [0.1, 0.15) is 43.7 Å².